The van der Waals surface area contributed by atoms with Gasteiger partial charge in [0, 0.05) is 0 Å². The maximum absolute atomic E-state index is 9.93. The fraction of sp³-hybridized carbons (Fsp3) is 1.00. The van der Waals surface area contributed by atoms with Gasteiger partial charge >= 0.3 is 0 Å². The van der Waals surface area contributed by atoms with E-state index < -0.39 is 0 Å². The van der Waals surface area contributed by atoms with Crippen molar-refractivity contribution < 1.29 is 5.11 Å². The molecule has 4 saturated carbocycles. The first-order valence-corrected chi connectivity index (χ1v) is 9.92. The van der Waals surface area contributed by atoms with Crippen molar-refractivity contribution in [1.29, 1.82) is 0 Å². The Morgan fingerprint density at radius 2 is 1.14 bits per heavy atom. The summed E-state index contributed by atoms with van der Waals surface area (Å²) in [5, 5.41) is 9.93. The van der Waals surface area contributed by atoms with Gasteiger partial charge in [-0.3, -0.25) is 0 Å². The van der Waals surface area contributed by atoms with E-state index in [0.717, 1.165) is 54.3 Å². The Balaban J connectivity index is 0.000000636. The lowest BCUT2D eigenvalue weighted by atomic mass is 9.53. The fourth-order valence-corrected chi connectivity index (χ4v) is 6.78. The van der Waals surface area contributed by atoms with Crippen molar-refractivity contribution in [3.05, 3.63) is 0 Å². The second-order valence-electron chi connectivity index (χ2n) is 8.26. The fourth-order valence-electron chi connectivity index (χ4n) is 6.78. The molecule has 0 heterocycles. The third-order valence-electron chi connectivity index (χ3n) is 7.60. The maximum atomic E-state index is 9.93. The molecule has 0 spiro atoms. The van der Waals surface area contributed by atoms with Gasteiger partial charge in [0.15, 0.2) is 0 Å². The average molecular weight is 293 g/mol. The maximum Gasteiger partial charge on any atom is 0.0543 e. The van der Waals surface area contributed by atoms with Crippen LogP contribution in [0.4, 0.5) is 0 Å². The van der Waals surface area contributed by atoms with E-state index in [9.17, 15) is 5.11 Å². The van der Waals surface area contributed by atoms with Gasteiger partial charge in [0.25, 0.3) is 0 Å². The molecule has 0 radical (unpaired) electrons. The van der Waals surface area contributed by atoms with Crippen LogP contribution in [0.25, 0.3) is 0 Å². The van der Waals surface area contributed by atoms with Crippen molar-refractivity contribution in [2.24, 2.45) is 41.4 Å². The van der Waals surface area contributed by atoms with Gasteiger partial charge in [-0.1, -0.05) is 27.2 Å². The molecule has 1 nitrogen and oxygen atoms in total. The monoisotopic (exact) mass is 292 g/mol. The van der Waals surface area contributed by atoms with Crippen molar-refractivity contribution in [3.8, 4) is 0 Å². The summed E-state index contributed by atoms with van der Waals surface area (Å²) in [6.07, 6.45) is 12.6. The van der Waals surface area contributed by atoms with Gasteiger partial charge in [0.1, 0.15) is 0 Å². The van der Waals surface area contributed by atoms with Gasteiger partial charge in [-0.05, 0) is 92.8 Å². The zero-order valence-corrected chi connectivity index (χ0v) is 14.4. The molecule has 4 rings (SSSR count). The third-order valence-corrected chi connectivity index (χ3v) is 7.60. The van der Waals surface area contributed by atoms with Crippen LogP contribution in [0.15, 0.2) is 0 Å². The molecule has 4 aliphatic rings. The summed E-state index contributed by atoms with van der Waals surface area (Å²) in [4.78, 5) is 0. The minimum absolute atomic E-state index is 0.0284. The topological polar surface area (TPSA) is 20.2 Å². The van der Waals surface area contributed by atoms with Crippen molar-refractivity contribution in [2.75, 3.05) is 0 Å². The molecular formula is C20H36O. The lowest BCUT2D eigenvalue weighted by molar-refractivity contribution is -0.0489. The van der Waals surface area contributed by atoms with Crippen LogP contribution in [0, 0.1) is 41.4 Å². The molecule has 0 amide bonds. The van der Waals surface area contributed by atoms with Crippen molar-refractivity contribution >= 4 is 0 Å². The summed E-state index contributed by atoms with van der Waals surface area (Å²) in [6.45, 7) is 6.51. The summed E-state index contributed by atoms with van der Waals surface area (Å²) in [5.74, 6) is 7.14. The molecule has 1 N–H and O–H groups in total. The van der Waals surface area contributed by atoms with Crippen LogP contribution >= 0.6 is 0 Å². The van der Waals surface area contributed by atoms with E-state index in [1.165, 1.54) is 44.9 Å². The molecule has 0 aromatic heterocycles. The van der Waals surface area contributed by atoms with Crippen LogP contribution in [-0.2, 0) is 0 Å². The first kappa shape index (κ1) is 15.8. The Bertz CT molecular complexity index is 339. The van der Waals surface area contributed by atoms with Gasteiger partial charge in [0.05, 0.1) is 6.10 Å². The number of hydrogen-bond acceptors (Lipinski definition) is 1. The van der Waals surface area contributed by atoms with E-state index in [-0.39, 0.29) is 6.10 Å². The zero-order chi connectivity index (χ0) is 15.0. The molecule has 8 unspecified atom stereocenters. The van der Waals surface area contributed by atoms with Gasteiger partial charge in [-0.15, -0.1) is 0 Å². The van der Waals surface area contributed by atoms with Crippen molar-refractivity contribution in [3.63, 3.8) is 0 Å². The molecule has 0 saturated heterocycles. The average Bonchev–Trinajstić information content (AvgIpc) is 2.90. The van der Waals surface area contributed by atoms with E-state index in [2.05, 4.69) is 6.92 Å². The molecular weight excluding hydrogens is 256 g/mol. The molecule has 0 aliphatic heterocycles. The second kappa shape index (κ2) is 6.60. The minimum atomic E-state index is 0.0284. The lowest BCUT2D eigenvalue weighted by Crippen LogP contribution is -2.45. The van der Waals surface area contributed by atoms with Crippen LogP contribution < -0.4 is 0 Å². The van der Waals surface area contributed by atoms with E-state index in [1.54, 1.807) is 0 Å². The van der Waals surface area contributed by atoms with E-state index in [0.29, 0.717) is 0 Å². The number of aliphatic hydroxyl groups is 1. The Hall–Kier alpha value is -0.0400. The van der Waals surface area contributed by atoms with Gasteiger partial charge < -0.3 is 5.11 Å². The number of fused-ring (bicyclic) bond motifs is 5. The quantitative estimate of drug-likeness (QED) is 0.644. The van der Waals surface area contributed by atoms with Crippen LogP contribution in [0.2, 0.25) is 0 Å². The van der Waals surface area contributed by atoms with E-state index in [1.807, 2.05) is 13.8 Å². The Labute approximate surface area is 131 Å². The highest BCUT2D eigenvalue weighted by Gasteiger charge is 2.50. The smallest absolute Gasteiger partial charge is 0.0543 e. The standard InChI is InChI=1S/C18H30O.C2H6/c1-11-2-5-16-14(11)8-9-17-15-7-4-13(19)10-12(15)3-6-18(16)17;1-2/h11-19H,2-10H2,1H3;1-2H3. The van der Waals surface area contributed by atoms with Crippen LogP contribution in [0.5, 0.6) is 0 Å². The number of aliphatic hydroxyl groups excluding tert-OH is 1. The van der Waals surface area contributed by atoms with Gasteiger partial charge in [-0.2, -0.15) is 0 Å². The summed E-state index contributed by atoms with van der Waals surface area (Å²) in [7, 11) is 0. The zero-order valence-electron chi connectivity index (χ0n) is 14.4. The normalized spacial score (nSPS) is 52.0. The Morgan fingerprint density at radius 1 is 0.619 bits per heavy atom. The van der Waals surface area contributed by atoms with Crippen LogP contribution in [-0.4, -0.2) is 11.2 Å². The number of hydrogen-bond donors (Lipinski definition) is 1. The van der Waals surface area contributed by atoms with Crippen LogP contribution in [0.3, 0.4) is 0 Å². The van der Waals surface area contributed by atoms with Gasteiger partial charge in [0.2, 0.25) is 0 Å². The highest BCUT2D eigenvalue weighted by molar-refractivity contribution is 5.00. The summed E-state index contributed by atoms with van der Waals surface area (Å²) < 4.78 is 0. The number of rotatable bonds is 0. The molecule has 0 bridgehead atoms. The Morgan fingerprint density at radius 3 is 1.95 bits per heavy atom. The second-order valence-corrected chi connectivity index (χ2v) is 8.26. The van der Waals surface area contributed by atoms with E-state index in [4.69, 9.17) is 0 Å². The molecule has 4 fully saturated rings. The van der Waals surface area contributed by atoms with Crippen molar-refractivity contribution in [2.45, 2.75) is 84.7 Å². The minimum Gasteiger partial charge on any atom is -0.393 e. The van der Waals surface area contributed by atoms with Crippen molar-refractivity contribution in [1.82, 2.24) is 0 Å². The first-order chi connectivity index (χ1) is 10.2. The van der Waals surface area contributed by atoms with Gasteiger partial charge in [-0.25, -0.2) is 0 Å². The molecule has 0 aromatic rings. The van der Waals surface area contributed by atoms with Crippen LogP contribution in [0.1, 0.15) is 78.6 Å². The van der Waals surface area contributed by atoms with E-state index >= 15 is 0 Å². The third kappa shape index (κ3) is 2.80. The highest BCUT2D eigenvalue weighted by Crippen LogP contribution is 2.58. The SMILES string of the molecule is CC.CC1CCC2C1CCC1C3CCC(O)CC3CCC21. The Kier molecular flexibility index (Phi) is 4.98. The molecule has 8 atom stereocenters. The predicted molar refractivity (Wildman–Crippen MR) is 89.0 cm³/mol. The molecule has 4 aliphatic carbocycles. The predicted octanol–water partition coefficient (Wildman–Crippen LogP) is 5.27. The summed E-state index contributed by atoms with van der Waals surface area (Å²) in [5.41, 5.74) is 0. The largest absolute Gasteiger partial charge is 0.393 e. The first-order valence-electron chi connectivity index (χ1n) is 9.92. The highest BCUT2D eigenvalue weighted by atomic mass is 16.3. The molecule has 0 aromatic carbocycles. The molecule has 122 valence electrons. The molecule has 21 heavy (non-hydrogen) atoms. The lowest BCUT2D eigenvalue weighted by Gasteiger charge is -2.52. The summed E-state index contributed by atoms with van der Waals surface area (Å²) in [6, 6.07) is 0. The molecule has 1 heteroatoms. The summed E-state index contributed by atoms with van der Waals surface area (Å²) >= 11 is 0.